The molecule has 0 atom stereocenters. The van der Waals surface area contributed by atoms with Gasteiger partial charge < -0.3 is 10.2 Å². The van der Waals surface area contributed by atoms with Gasteiger partial charge in [-0.05, 0) is 49.7 Å². The minimum atomic E-state index is 0.601. The van der Waals surface area contributed by atoms with Gasteiger partial charge >= 0.3 is 0 Å². The van der Waals surface area contributed by atoms with Crippen LogP contribution >= 0.6 is 12.2 Å². The van der Waals surface area contributed by atoms with E-state index in [1.54, 1.807) is 0 Å². The second kappa shape index (κ2) is 6.60. The second-order valence-electron chi connectivity index (χ2n) is 4.66. The molecular weight excluding hydrogens is 228 g/mol. The second-order valence-corrected chi connectivity index (χ2v) is 5.05. The zero-order chi connectivity index (χ0) is 12.8. The third-order valence-corrected chi connectivity index (χ3v) is 2.90. The SMILES string of the molecule is CCN(C(=S)NCC(C)C)c1cccc(C)c1. The molecule has 0 heterocycles. The molecule has 1 N–H and O–H groups in total. The van der Waals surface area contributed by atoms with Crippen molar-refractivity contribution in [3.63, 3.8) is 0 Å². The number of anilines is 1. The third kappa shape index (κ3) is 4.35. The summed E-state index contributed by atoms with van der Waals surface area (Å²) in [6.07, 6.45) is 0. The Bertz CT molecular complexity index is 374. The Kier molecular flexibility index (Phi) is 5.42. The summed E-state index contributed by atoms with van der Waals surface area (Å²) in [5, 5.41) is 4.12. The number of hydrogen-bond donors (Lipinski definition) is 1. The van der Waals surface area contributed by atoms with Crippen molar-refractivity contribution in [3.8, 4) is 0 Å². The van der Waals surface area contributed by atoms with E-state index in [9.17, 15) is 0 Å². The van der Waals surface area contributed by atoms with E-state index in [0.717, 1.165) is 23.9 Å². The summed E-state index contributed by atoms with van der Waals surface area (Å²) in [5.74, 6) is 0.601. The van der Waals surface area contributed by atoms with E-state index in [2.05, 4.69) is 62.2 Å². The van der Waals surface area contributed by atoms with Gasteiger partial charge in [0.2, 0.25) is 0 Å². The van der Waals surface area contributed by atoms with E-state index in [4.69, 9.17) is 12.2 Å². The van der Waals surface area contributed by atoms with Crippen LogP contribution in [0.15, 0.2) is 24.3 Å². The van der Waals surface area contributed by atoms with E-state index >= 15 is 0 Å². The Balaban J connectivity index is 2.74. The Labute approximate surface area is 110 Å². The molecule has 2 nitrogen and oxygen atoms in total. The van der Waals surface area contributed by atoms with Crippen LogP contribution in [-0.4, -0.2) is 18.2 Å². The predicted molar refractivity (Wildman–Crippen MR) is 79.6 cm³/mol. The minimum absolute atomic E-state index is 0.601. The molecule has 94 valence electrons. The predicted octanol–water partition coefficient (Wildman–Crippen LogP) is 3.35. The van der Waals surface area contributed by atoms with Gasteiger partial charge in [-0.3, -0.25) is 0 Å². The van der Waals surface area contributed by atoms with Crippen LogP contribution in [0.1, 0.15) is 26.3 Å². The maximum atomic E-state index is 5.43. The Morgan fingerprint density at radius 3 is 2.65 bits per heavy atom. The first-order valence-electron chi connectivity index (χ1n) is 6.16. The number of nitrogens with zero attached hydrogens (tertiary/aromatic N) is 1. The fourth-order valence-corrected chi connectivity index (χ4v) is 1.94. The maximum absolute atomic E-state index is 5.43. The van der Waals surface area contributed by atoms with Crippen LogP contribution in [0.25, 0.3) is 0 Å². The lowest BCUT2D eigenvalue weighted by molar-refractivity contribution is 0.624. The van der Waals surface area contributed by atoms with Gasteiger partial charge in [-0.2, -0.15) is 0 Å². The van der Waals surface area contributed by atoms with Crippen molar-refractivity contribution >= 4 is 23.0 Å². The zero-order valence-corrected chi connectivity index (χ0v) is 12.0. The highest BCUT2D eigenvalue weighted by Gasteiger charge is 2.09. The van der Waals surface area contributed by atoms with E-state index in [1.165, 1.54) is 5.56 Å². The van der Waals surface area contributed by atoms with Gasteiger partial charge in [0.1, 0.15) is 0 Å². The summed E-state index contributed by atoms with van der Waals surface area (Å²) >= 11 is 5.43. The fourth-order valence-electron chi connectivity index (χ4n) is 1.63. The topological polar surface area (TPSA) is 15.3 Å². The molecule has 0 aliphatic carbocycles. The lowest BCUT2D eigenvalue weighted by Gasteiger charge is -2.25. The highest BCUT2D eigenvalue weighted by Crippen LogP contribution is 2.15. The van der Waals surface area contributed by atoms with Gasteiger partial charge in [-0.1, -0.05) is 26.0 Å². The number of nitrogens with one attached hydrogen (secondary N) is 1. The minimum Gasteiger partial charge on any atom is -0.362 e. The molecular formula is C14H22N2S. The van der Waals surface area contributed by atoms with Crippen LogP contribution in [0, 0.1) is 12.8 Å². The first-order valence-corrected chi connectivity index (χ1v) is 6.57. The molecule has 17 heavy (non-hydrogen) atoms. The van der Waals surface area contributed by atoms with Gasteiger partial charge in [0, 0.05) is 18.8 Å². The molecule has 0 fully saturated rings. The normalized spacial score (nSPS) is 10.4. The molecule has 3 heteroatoms. The molecule has 0 saturated heterocycles. The van der Waals surface area contributed by atoms with Crippen molar-refractivity contribution in [1.29, 1.82) is 0 Å². The van der Waals surface area contributed by atoms with Gasteiger partial charge in [0.05, 0.1) is 0 Å². The lowest BCUT2D eigenvalue weighted by Crippen LogP contribution is -2.41. The molecule has 0 bridgehead atoms. The van der Waals surface area contributed by atoms with Crippen molar-refractivity contribution in [1.82, 2.24) is 5.32 Å². The Hall–Kier alpha value is -1.09. The summed E-state index contributed by atoms with van der Waals surface area (Å²) in [5.41, 5.74) is 2.42. The van der Waals surface area contributed by atoms with E-state index in [-0.39, 0.29) is 0 Å². The number of aryl methyl sites for hydroxylation is 1. The van der Waals surface area contributed by atoms with Crippen LogP contribution in [0.3, 0.4) is 0 Å². The van der Waals surface area contributed by atoms with Crippen LogP contribution in [0.5, 0.6) is 0 Å². The summed E-state index contributed by atoms with van der Waals surface area (Å²) in [6.45, 7) is 10.4. The number of thiocarbonyl (C=S) groups is 1. The summed E-state index contributed by atoms with van der Waals surface area (Å²) in [6, 6.07) is 8.42. The fraction of sp³-hybridized carbons (Fsp3) is 0.500. The molecule has 1 aromatic rings. The summed E-state index contributed by atoms with van der Waals surface area (Å²) in [7, 11) is 0. The lowest BCUT2D eigenvalue weighted by atomic mass is 10.2. The van der Waals surface area contributed by atoms with Crippen LogP contribution in [0.2, 0.25) is 0 Å². The van der Waals surface area contributed by atoms with Crippen molar-refractivity contribution in [3.05, 3.63) is 29.8 Å². The number of rotatable bonds is 4. The smallest absolute Gasteiger partial charge is 0.173 e. The first-order chi connectivity index (χ1) is 8.04. The van der Waals surface area contributed by atoms with Gasteiger partial charge in [0.25, 0.3) is 0 Å². The van der Waals surface area contributed by atoms with E-state index in [1.807, 2.05) is 0 Å². The van der Waals surface area contributed by atoms with Crippen molar-refractivity contribution < 1.29 is 0 Å². The number of benzene rings is 1. The number of hydrogen-bond acceptors (Lipinski definition) is 1. The Morgan fingerprint density at radius 1 is 1.41 bits per heavy atom. The van der Waals surface area contributed by atoms with Gasteiger partial charge in [-0.15, -0.1) is 0 Å². The molecule has 0 saturated carbocycles. The van der Waals surface area contributed by atoms with E-state index in [0.29, 0.717) is 5.92 Å². The average molecular weight is 250 g/mol. The zero-order valence-electron chi connectivity index (χ0n) is 11.2. The largest absolute Gasteiger partial charge is 0.362 e. The molecule has 0 unspecified atom stereocenters. The van der Waals surface area contributed by atoms with Crippen molar-refractivity contribution in [2.75, 3.05) is 18.0 Å². The van der Waals surface area contributed by atoms with Crippen molar-refractivity contribution in [2.24, 2.45) is 5.92 Å². The highest BCUT2D eigenvalue weighted by molar-refractivity contribution is 7.80. The molecule has 1 aromatic carbocycles. The molecule has 0 aliphatic heterocycles. The molecule has 0 amide bonds. The molecule has 0 aliphatic rings. The molecule has 0 spiro atoms. The van der Waals surface area contributed by atoms with Gasteiger partial charge in [0.15, 0.2) is 5.11 Å². The standard InChI is InChI=1S/C14H22N2S/c1-5-16(14(17)15-10-11(2)3)13-8-6-7-12(4)9-13/h6-9,11H,5,10H2,1-4H3,(H,15,17). The van der Waals surface area contributed by atoms with Crippen LogP contribution in [-0.2, 0) is 0 Å². The van der Waals surface area contributed by atoms with Crippen molar-refractivity contribution in [2.45, 2.75) is 27.7 Å². The highest BCUT2D eigenvalue weighted by atomic mass is 32.1. The van der Waals surface area contributed by atoms with Crippen LogP contribution in [0.4, 0.5) is 5.69 Å². The maximum Gasteiger partial charge on any atom is 0.173 e. The van der Waals surface area contributed by atoms with Gasteiger partial charge in [-0.25, -0.2) is 0 Å². The molecule has 0 radical (unpaired) electrons. The van der Waals surface area contributed by atoms with Crippen LogP contribution < -0.4 is 10.2 Å². The quantitative estimate of drug-likeness (QED) is 0.825. The summed E-state index contributed by atoms with van der Waals surface area (Å²) in [4.78, 5) is 2.13. The average Bonchev–Trinajstić information content (AvgIpc) is 2.27. The summed E-state index contributed by atoms with van der Waals surface area (Å²) < 4.78 is 0. The molecule has 0 aromatic heterocycles. The third-order valence-electron chi connectivity index (χ3n) is 2.54. The molecule has 1 rings (SSSR count). The van der Waals surface area contributed by atoms with E-state index < -0.39 is 0 Å². The first kappa shape index (κ1) is 14.0. The monoisotopic (exact) mass is 250 g/mol. The Morgan fingerprint density at radius 2 is 2.12 bits per heavy atom.